The minimum atomic E-state index is -1.38. The van der Waals surface area contributed by atoms with Crippen LogP contribution in [0.4, 0.5) is 4.79 Å². The highest BCUT2D eigenvalue weighted by Crippen LogP contribution is 2.19. The number of ether oxygens (including phenoxy) is 2. The molecule has 1 heterocycles. The fourth-order valence-corrected chi connectivity index (χ4v) is 3.53. The van der Waals surface area contributed by atoms with Gasteiger partial charge in [0.05, 0.1) is 7.11 Å². The molecule has 1 aromatic heterocycles. The largest absolute Gasteiger partial charge is 0.468 e. The second kappa shape index (κ2) is 11.9. The molecule has 10 heteroatoms. The van der Waals surface area contributed by atoms with Crippen molar-refractivity contribution >= 4 is 34.8 Å². The zero-order valence-electron chi connectivity index (χ0n) is 20.4. The van der Waals surface area contributed by atoms with Crippen molar-refractivity contribution in [2.75, 3.05) is 13.7 Å². The molecule has 0 saturated heterocycles. The Morgan fingerprint density at radius 1 is 1.00 bits per heavy atom. The summed E-state index contributed by atoms with van der Waals surface area (Å²) in [6.45, 7) is 2.69. The fourth-order valence-electron chi connectivity index (χ4n) is 3.53. The highest BCUT2D eigenvalue weighted by atomic mass is 16.5. The molecule has 190 valence electrons. The summed E-state index contributed by atoms with van der Waals surface area (Å²) in [5, 5.41) is 8.60. The zero-order valence-corrected chi connectivity index (χ0v) is 20.4. The van der Waals surface area contributed by atoms with Crippen molar-refractivity contribution in [2.24, 2.45) is 0 Å². The summed E-state index contributed by atoms with van der Waals surface area (Å²) in [7, 11) is 1.21. The SMILES string of the molecule is COC(=O)CNC(=O)C(C)(C)NC(=O)[C@H](Cc1c[nH]c2ccccc12)NC(=O)OCc1ccccc1. The standard InChI is InChI=1S/C26H30N4O6/c1-26(2,24(33)28-15-22(31)35-3)30-23(32)21(13-18-14-27-20-12-8-7-11-19(18)20)29-25(34)36-16-17-9-5-4-6-10-17/h4-12,14,21,27H,13,15-16H2,1-3H3,(H,28,33)(H,29,34)(H,30,32)/t21-/m0/s1. The van der Waals surface area contributed by atoms with E-state index in [0.29, 0.717) is 0 Å². The molecule has 0 unspecified atom stereocenters. The van der Waals surface area contributed by atoms with E-state index in [1.54, 1.807) is 6.20 Å². The first-order chi connectivity index (χ1) is 17.2. The summed E-state index contributed by atoms with van der Waals surface area (Å²) < 4.78 is 9.82. The molecule has 36 heavy (non-hydrogen) atoms. The Hall–Kier alpha value is -4.34. The Bertz CT molecular complexity index is 1220. The second-order valence-electron chi connectivity index (χ2n) is 8.70. The third-order valence-corrected chi connectivity index (χ3v) is 5.54. The van der Waals surface area contributed by atoms with Crippen molar-refractivity contribution in [3.05, 3.63) is 71.9 Å². The molecule has 0 bridgehead atoms. The predicted molar refractivity (Wildman–Crippen MR) is 133 cm³/mol. The maximum Gasteiger partial charge on any atom is 0.408 e. The number of nitrogens with one attached hydrogen (secondary N) is 4. The van der Waals surface area contributed by atoms with Gasteiger partial charge in [-0.05, 0) is 31.0 Å². The summed E-state index contributed by atoms with van der Waals surface area (Å²) in [6, 6.07) is 15.7. The van der Waals surface area contributed by atoms with Gasteiger partial charge in [-0.15, -0.1) is 0 Å². The van der Waals surface area contributed by atoms with Crippen LogP contribution in [0.15, 0.2) is 60.8 Å². The number of benzene rings is 2. The number of carbonyl (C=O) groups is 4. The normalized spacial score (nSPS) is 11.9. The molecule has 0 aliphatic carbocycles. The molecule has 2 aromatic carbocycles. The van der Waals surface area contributed by atoms with E-state index in [0.717, 1.165) is 22.0 Å². The summed E-state index contributed by atoms with van der Waals surface area (Å²) in [5.41, 5.74) is 1.12. The van der Waals surface area contributed by atoms with Crippen LogP contribution < -0.4 is 16.0 Å². The van der Waals surface area contributed by atoms with Crippen molar-refractivity contribution in [1.29, 1.82) is 0 Å². The van der Waals surface area contributed by atoms with E-state index in [1.807, 2.05) is 54.6 Å². The monoisotopic (exact) mass is 494 g/mol. The molecule has 3 rings (SSSR count). The highest BCUT2D eigenvalue weighted by Gasteiger charge is 2.33. The Kier molecular flexibility index (Phi) is 8.66. The van der Waals surface area contributed by atoms with E-state index >= 15 is 0 Å². The predicted octanol–water partition coefficient (Wildman–Crippen LogP) is 2.19. The van der Waals surface area contributed by atoms with Gasteiger partial charge in [-0.2, -0.15) is 0 Å². The molecule has 1 atom stereocenters. The third kappa shape index (κ3) is 7.08. The number of hydrogen-bond acceptors (Lipinski definition) is 6. The van der Waals surface area contributed by atoms with Crippen LogP contribution in [-0.4, -0.2) is 54.1 Å². The fraction of sp³-hybridized carbons (Fsp3) is 0.308. The molecular weight excluding hydrogens is 464 g/mol. The number of hydrogen-bond donors (Lipinski definition) is 4. The Morgan fingerprint density at radius 3 is 2.42 bits per heavy atom. The van der Waals surface area contributed by atoms with Gasteiger partial charge in [-0.3, -0.25) is 14.4 Å². The van der Waals surface area contributed by atoms with Crippen LogP contribution in [0.5, 0.6) is 0 Å². The van der Waals surface area contributed by atoms with Crippen LogP contribution in [-0.2, 0) is 36.9 Å². The second-order valence-corrected chi connectivity index (χ2v) is 8.70. The van der Waals surface area contributed by atoms with E-state index in [1.165, 1.54) is 21.0 Å². The van der Waals surface area contributed by atoms with Crippen LogP contribution >= 0.6 is 0 Å². The number of fused-ring (bicyclic) bond motifs is 1. The van der Waals surface area contributed by atoms with Gasteiger partial charge in [-0.25, -0.2) is 4.79 Å². The van der Waals surface area contributed by atoms with E-state index in [-0.39, 0.29) is 19.6 Å². The average molecular weight is 495 g/mol. The Labute approximate surface area is 208 Å². The highest BCUT2D eigenvalue weighted by molar-refractivity contribution is 5.95. The lowest BCUT2D eigenvalue weighted by Crippen LogP contribution is -2.60. The van der Waals surface area contributed by atoms with Crippen molar-refractivity contribution < 1.29 is 28.7 Å². The number of aromatic nitrogens is 1. The van der Waals surface area contributed by atoms with Crippen molar-refractivity contribution in [2.45, 2.75) is 38.5 Å². The number of carbonyl (C=O) groups excluding carboxylic acids is 4. The van der Waals surface area contributed by atoms with Gasteiger partial charge in [0, 0.05) is 23.5 Å². The van der Waals surface area contributed by atoms with Crippen LogP contribution in [0, 0.1) is 0 Å². The summed E-state index contributed by atoms with van der Waals surface area (Å²) >= 11 is 0. The number of para-hydroxylation sites is 1. The van der Waals surface area contributed by atoms with E-state index in [2.05, 4.69) is 25.7 Å². The number of rotatable bonds is 10. The summed E-state index contributed by atoms with van der Waals surface area (Å²) in [5.74, 6) is -1.79. The van der Waals surface area contributed by atoms with Crippen LogP contribution in [0.2, 0.25) is 0 Å². The number of methoxy groups -OCH3 is 1. The molecule has 3 aromatic rings. The molecule has 0 spiro atoms. The third-order valence-electron chi connectivity index (χ3n) is 5.54. The topological polar surface area (TPSA) is 139 Å². The zero-order chi connectivity index (χ0) is 26.1. The Balaban J connectivity index is 1.73. The first-order valence-corrected chi connectivity index (χ1v) is 11.4. The average Bonchev–Trinajstić information content (AvgIpc) is 3.28. The molecule has 10 nitrogen and oxygen atoms in total. The van der Waals surface area contributed by atoms with Crippen LogP contribution in [0.25, 0.3) is 10.9 Å². The van der Waals surface area contributed by atoms with E-state index in [9.17, 15) is 19.2 Å². The first-order valence-electron chi connectivity index (χ1n) is 11.4. The molecule has 0 radical (unpaired) electrons. The van der Waals surface area contributed by atoms with Gasteiger partial charge >= 0.3 is 12.1 Å². The minimum Gasteiger partial charge on any atom is -0.468 e. The molecule has 4 N–H and O–H groups in total. The van der Waals surface area contributed by atoms with Crippen molar-refractivity contribution in [1.82, 2.24) is 20.9 Å². The molecule has 0 aliphatic heterocycles. The lowest BCUT2D eigenvalue weighted by atomic mass is 10.0. The Morgan fingerprint density at radius 2 is 1.69 bits per heavy atom. The molecule has 0 fully saturated rings. The van der Waals surface area contributed by atoms with Crippen molar-refractivity contribution in [3.63, 3.8) is 0 Å². The lowest BCUT2D eigenvalue weighted by molar-refractivity contribution is -0.142. The van der Waals surface area contributed by atoms with E-state index < -0.39 is 35.5 Å². The number of alkyl carbamates (subject to hydrolysis) is 1. The molecular formula is C26H30N4O6. The number of amides is 3. The van der Waals surface area contributed by atoms with Crippen LogP contribution in [0.3, 0.4) is 0 Å². The van der Waals surface area contributed by atoms with Crippen molar-refractivity contribution in [3.8, 4) is 0 Å². The summed E-state index contributed by atoms with van der Waals surface area (Å²) in [6.07, 6.45) is 1.15. The van der Waals surface area contributed by atoms with Gasteiger partial charge in [0.1, 0.15) is 24.7 Å². The van der Waals surface area contributed by atoms with E-state index in [4.69, 9.17) is 4.74 Å². The summed E-state index contributed by atoms with van der Waals surface area (Å²) in [4.78, 5) is 52.9. The maximum atomic E-state index is 13.3. The first kappa shape index (κ1) is 26.3. The van der Waals surface area contributed by atoms with Gasteiger partial charge in [0.25, 0.3) is 0 Å². The van der Waals surface area contributed by atoms with Gasteiger partial charge in [0.2, 0.25) is 11.8 Å². The number of esters is 1. The molecule has 0 saturated carbocycles. The van der Waals surface area contributed by atoms with Gasteiger partial charge < -0.3 is 30.4 Å². The quantitative estimate of drug-likeness (QED) is 0.319. The number of aromatic amines is 1. The van der Waals surface area contributed by atoms with Gasteiger partial charge in [-0.1, -0.05) is 48.5 Å². The lowest BCUT2D eigenvalue weighted by Gasteiger charge is -2.28. The van der Waals surface area contributed by atoms with Gasteiger partial charge in [0.15, 0.2) is 0 Å². The number of H-pyrrole nitrogens is 1. The minimum absolute atomic E-state index is 0.0372. The smallest absolute Gasteiger partial charge is 0.408 e. The van der Waals surface area contributed by atoms with Crippen LogP contribution in [0.1, 0.15) is 25.0 Å². The molecule has 3 amide bonds. The molecule has 0 aliphatic rings. The maximum absolute atomic E-state index is 13.3.